The smallest absolute Gasteiger partial charge is 0.316 e. The molecule has 0 radical (unpaired) electrons. The maximum absolute atomic E-state index is 12.4. The molecule has 6 nitrogen and oxygen atoms in total. The number of esters is 2. The summed E-state index contributed by atoms with van der Waals surface area (Å²) in [4.78, 5) is 36.9. The van der Waals surface area contributed by atoms with E-state index in [4.69, 9.17) is 9.47 Å². The van der Waals surface area contributed by atoms with E-state index < -0.39 is 41.1 Å². The summed E-state index contributed by atoms with van der Waals surface area (Å²) < 4.78 is 9.55. The Hall–Kier alpha value is -2.47. The number of hydrogen-bond acceptors (Lipinski definition) is 6. The van der Waals surface area contributed by atoms with E-state index in [-0.39, 0.29) is 6.42 Å². The Morgan fingerprint density at radius 1 is 1.16 bits per heavy atom. The summed E-state index contributed by atoms with van der Waals surface area (Å²) in [6, 6.07) is 9.24. The lowest BCUT2D eigenvalue weighted by Crippen LogP contribution is -2.55. The van der Waals surface area contributed by atoms with Crippen molar-refractivity contribution < 1.29 is 29.0 Å². The summed E-state index contributed by atoms with van der Waals surface area (Å²) in [6.45, 7) is 1.41. The third-order valence-corrected chi connectivity index (χ3v) is 4.54. The van der Waals surface area contributed by atoms with E-state index in [2.05, 4.69) is 0 Å². The second-order valence-corrected chi connectivity index (χ2v) is 6.35. The Morgan fingerprint density at radius 2 is 1.76 bits per heavy atom. The Balaban J connectivity index is 2.49. The first-order chi connectivity index (χ1) is 11.8. The van der Waals surface area contributed by atoms with Gasteiger partial charge in [0.15, 0.2) is 5.78 Å². The Bertz CT molecular complexity index is 676. The molecule has 1 N–H and O–H groups in total. The van der Waals surface area contributed by atoms with Crippen LogP contribution >= 0.6 is 0 Å². The van der Waals surface area contributed by atoms with Crippen LogP contribution in [0.1, 0.15) is 18.9 Å². The van der Waals surface area contributed by atoms with E-state index in [9.17, 15) is 19.5 Å². The molecule has 0 aromatic heterocycles. The predicted octanol–water partition coefficient (Wildman–Crippen LogP) is 1.62. The normalized spacial score (nSPS) is 29.4. The van der Waals surface area contributed by atoms with Gasteiger partial charge in [0, 0.05) is 12.3 Å². The van der Waals surface area contributed by atoms with Crippen LogP contribution in [0.4, 0.5) is 0 Å². The molecule has 0 aliphatic heterocycles. The summed E-state index contributed by atoms with van der Waals surface area (Å²) >= 11 is 0. The summed E-state index contributed by atoms with van der Waals surface area (Å²) in [6.07, 6.45) is 3.00. The van der Waals surface area contributed by atoms with Crippen LogP contribution in [0.15, 0.2) is 36.4 Å². The summed E-state index contributed by atoms with van der Waals surface area (Å²) in [5.74, 6) is -4.93. The highest BCUT2D eigenvalue weighted by molar-refractivity contribution is 6.02. The van der Waals surface area contributed by atoms with E-state index >= 15 is 0 Å². The van der Waals surface area contributed by atoms with Crippen LogP contribution in [0, 0.1) is 17.8 Å². The van der Waals surface area contributed by atoms with Crippen molar-refractivity contribution in [3.8, 4) is 0 Å². The van der Waals surface area contributed by atoms with Crippen molar-refractivity contribution in [3.63, 3.8) is 0 Å². The molecule has 1 aromatic carbocycles. The van der Waals surface area contributed by atoms with Gasteiger partial charge in [-0.1, -0.05) is 42.5 Å². The van der Waals surface area contributed by atoms with E-state index in [1.807, 2.05) is 30.3 Å². The second kappa shape index (κ2) is 7.61. The second-order valence-electron chi connectivity index (χ2n) is 6.35. The highest BCUT2D eigenvalue weighted by Gasteiger charge is 2.55. The number of benzene rings is 1. The minimum atomic E-state index is -1.61. The zero-order valence-electron chi connectivity index (χ0n) is 14.5. The minimum Gasteiger partial charge on any atom is -0.469 e. The fourth-order valence-corrected chi connectivity index (χ4v) is 3.36. The SMILES string of the molecule is COC(=O)[C@@H]1C(=O)C[C@@](C)(O)[C@@H](C(=O)OC)[C@H]1/C=C/c1ccccc1. The lowest BCUT2D eigenvalue weighted by Gasteiger charge is -2.42. The molecule has 1 saturated carbocycles. The predicted molar refractivity (Wildman–Crippen MR) is 90.2 cm³/mol. The quantitative estimate of drug-likeness (QED) is 0.658. The average Bonchev–Trinajstić information content (AvgIpc) is 2.58. The van der Waals surface area contributed by atoms with Crippen LogP contribution in [-0.4, -0.2) is 42.6 Å². The molecule has 1 aliphatic rings. The third-order valence-electron chi connectivity index (χ3n) is 4.54. The molecule has 0 unspecified atom stereocenters. The Morgan fingerprint density at radius 3 is 2.32 bits per heavy atom. The number of ether oxygens (including phenoxy) is 2. The molecule has 1 aliphatic carbocycles. The maximum Gasteiger partial charge on any atom is 0.316 e. The first kappa shape index (κ1) is 18.9. The van der Waals surface area contributed by atoms with Gasteiger partial charge in [0.05, 0.1) is 25.7 Å². The number of hydrogen-bond donors (Lipinski definition) is 1. The molecule has 4 atom stereocenters. The van der Waals surface area contributed by atoms with Crippen molar-refractivity contribution >= 4 is 23.8 Å². The van der Waals surface area contributed by atoms with Gasteiger partial charge in [0.25, 0.3) is 0 Å². The van der Waals surface area contributed by atoms with E-state index in [1.165, 1.54) is 21.1 Å². The van der Waals surface area contributed by atoms with Gasteiger partial charge in [-0.15, -0.1) is 0 Å². The number of carbonyl (C=O) groups excluding carboxylic acids is 3. The lowest BCUT2D eigenvalue weighted by atomic mass is 9.63. The Kier molecular flexibility index (Phi) is 5.74. The molecule has 2 rings (SSSR count). The van der Waals surface area contributed by atoms with Crippen molar-refractivity contribution in [2.45, 2.75) is 18.9 Å². The summed E-state index contributed by atoms with van der Waals surface area (Å²) in [5, 5.41) is 10.6. The molecule has 0 spiro atoms. The van der Waals surface area contributed by atoms with Gasteiger partial charge >= 0.3 is 11.9 Å². The van der Waals surface area contributed by atoms with Gasteiger partial charge in [0.1, 0.15) is 5.92 Å². The van der Waals surface area contributed by atoms with Crippen LogP contribution in [0.3, 0.4) is 0 Å². The molecule has 134 valence electrons. The number of rotatable bonds is 4. The van der Waals surface area contributed by atoms with Gasteiger partial charge in [0.2, 0.25) is 0 Å². The standard InChI is InChI=1S/C19H22O6/c1-19(23)11-14(20)15(17(21)24-2)13(16(19)18(22)25-3)10-9-12-7-5-4-6-8-12/h4-10,13,15-16,23H,11H2,1-3H3/b10-9+/t13-,15-,16+,19+/m0/s1. The largest absolute Gasteiger partial charge is 0.469 e. The lowest BCUT2D eigenvalue weighted by molar-refractivity contribution is -0.172. The van der Waals surface area contributed by atoms with Crippen LogP contribution in [-0.2, 0) is 23.9 Å². The van der Waals surface area contributed by atoms with Crippen molar-refractivity contribution in [3.05, 3.63) is 42.0 Å². The molecule has 0 saturated heterocycles. The van der Waals surface area contributed by atoms with E-state index in [1.54, 1.807) is 12.2 Å². The highest BCUT2D eigenvalue weighted by atomic mass is 16.5. The number of aliphatic hydroxyl groups is 1. The topological polar surface area (TPSA) is 89.9 Å². The first-order valence-electron chi connectivity index (χ1n) is 7.96. The summed E-state index contributed by atoms with van der Waals surface area (Å²) in [5.41, 5.74) is -0.771. The monoisotopic (exact) mass is 346 g/mol. The zero-order valence-corrected chi connectivity index (χ0v) is 14.5. The maximum atomic E-state index is 12.4. The molecule has 1 aromatic rings. The molecular formula is C19H22O6. The highest BCUT2D eigenvalue weighted by Crippen LogP contribution is 2.42. The molecule has 0 bridgehead atoms. The molecule has 0 heterocycles. The number of ketones is 1. The number of Topliss-reactive ketones (excluding diaryl/α,β-unsaturated/α-hetero) is 1. The molecule has 25 heavy (non-hydrogen) atoms. The van der Waals surface area contributed by atoms with Gasteiger partial charge in [-0.3, -0.25) is 14.4 Å². The minimum absolute atomic E-state index is 0.317. The average molecular weight is 346 g/mol. The van der Waals surface area contributed by atoms with Crippen molar-refractivity contribution in [1.29, 1.82) is 0 Å². The molecule has 1 fully saturated rings. The zero-order chi connectivity index (χ0) is 18.6. The van der Waals surface area contributed by atoms with Gasteiger partial charge in [-0.25, -0.2) is 0 Å². The van der Waals surface area contributed by atoms with Crippen molar-refractivity contribution in [1.82, 2.24) is 0 Å². The molecule has 0 amide bonds. The van der Waals surface area contributed by atoms with Crippen LogP contribution in [0.5, 0.6) is 0 Å². The van der Waals surface area contributed by atoms with Crippen LogP contribution in [0.2, 0.25) is 0 Å². The fourth-order valence-electron chi connectivity index (χ4n) is 3.36. The van der Waals surface area contributed by atoms with Gasteiger partial charge < -0.3 is 14.6 Å². The number of methoxy groups -OCH3 is 2. The molecule has 6 heteroatoms. The van der Waals surface area contributed by atoms with E-state index in [0.29, 0.717) is 0 Å². The van der Waals surface area contributed by atoms with Gasteiger partial charge in [-0.05, 0) is 12.5 Å². The summed E-state index contributed by atoms with van der Waals surface area (Å²) in [7, 11) is 2.40. The van der Waals surface area contributed by atoms with Crippen LogP contribution in [0.25, 0.3) is 6.08 Å². The number of allylic oxidation sites excluding steroid dienone is 1. The molecular weight excluding hydrogens is 324 g/mol. The van der Waals surface area contributed by atoms with E-state index in [0.717, 1.165) is 5.56 Å². The van der Waals surface area contributed by atoms with Crippen molar-refractivity contribution in [2.24, 2.45) is 17.8 Å². The number of carbonyl (C=O) groups is 3. The van der Waals surface area contributed by atoms with Gasteiger partial charge in [-0.2, -0.15) is 0 Å². The third kappa shape index (κ3) is 3.96. The first-order valence-corrected chi connectivity index (χ1v) is 7.96. The fraction of sp³-hybridized carbons (Fsp3) is 0.421. The van der Waals surface area contributed by atoms with Crippen molar-refractivity contribution in [2.75, 3.05) is 14.2 Å². The van der Waals surface area contributed by atoms with Crippen LogP contribution < -0.4 is 0 Å². The Labute approximate surface area is 146 Å².